The standard InChI is InChI=1S/C20H26N2O4/c1-14(12-16-6-5-11-26-16)21-20(23)22-10-4-7-18(22)17-9-8-15(24-2)13-19(17)25-3/h5-6,8-9,11,13-14,18H,4,7,10,12H2,1-3H3,(H,21,23). The summed E-state index contributed by atoms with van der Waals surface area (Å²) in [5.41, 5.74) is 1.01. The minimum atomic E-state index is -0.0515. The molecule has 2 heterocycles. The lowest BCUT2D eigenvalue weighted by atomic mass is 10.0. The Labute approximate surface area is 154 Å². The van der Waals surface area contributed by atoms with Crippen molar-refractivity contribution in [1.29, 1.82) is 0 Å². The number of furan rings is 1. The first-order valence-corrected chi connectivity index (χ1v) is 8.93. The van der Waals surface area contributed by atoms with Gasteiger partial charge in [-0.1, -0.05) is 0 Å². The zero-order valence-corrected chi connectivity index (χ0v) is 15.5. The van der Waals surface area contributed by atoms with Crippen LogP contribution in [-0.2, 0) is 6.42 Å². The summed E-state index contributed by atoms with van der Waals surface area (Å²) in [6.07, 6.45) is 4.21. The number of amides is 2. The van der Waals surface area contributed by atoms with Crippen molar-refractivity contribution in [3.05, 3.63) is 47.9 Å². The molecule has 6 nitrogen and oxygen atoms in total. The van der Waals surface area contributed by atoms with E-state index < -0.39 is 0 Å². The number of nitrogens with zero attached hydrogens (tertiary/aromatic N) is 1. The Hall–Kier alpha value is -2.63. The van der Waals surface area contributed by atoms with Crippen LogP contribution in [0.2, 0.25) is 0 Å². The molecule has 1 aromatic carbocycles. The zero-order valence-electron chi connectivity index (χ0n) is 15.5. The van der Waals surface area contributed by atoms with Crippen LogP contribution in [0.1, 0.15) is 37.1 Å². The minimum absolute atomic E-state index is 0.00617. The second-order valence-electron chi connectivity index (χ2n) is 6.59. The Morgan fingerprint density at radius 1 is 1.35 bits per heavy atom. The number of benzene rings is 1. The summed E-state index contributed by atoms with van der Waals surface area (Å²) in [7, 11) is 3.27. The maximum absolute atomic E-state index is 12.8. The highest BCUT2D eigenvalue weighted by Gasteiger charge is 2.32. The molecule has 1 saturated heterocycles. The molecule has 2 aromatic rings. The van der Waals surface area contributed by atoms with Gasteiger partial charge in [0.25, 0.3) is 0 Å². The number of ether oxygens (including phenoxy) is 2. The van der Waals surface area contributed by atoms with Gasteiger partial charge >= 0.3 is 6.03 Å². The number of nitrogens with one attached hydrogen (secondary N) is 1. The molecule has 3 rings (SSSR count). The molecule has 0 bridgehead atoms. The van der Waals surface area contributed by atoms with Crippen LogP contribution >= 0.6 is 0 Å². The molecule has 0 spiro atoms. The van der Waals surface area contributed by atoms with E-state index in [1.54, 1.807) is 20.5 Å². The molecule has 2 atom stereocenters. The van der Waals surface area contributed by atoms with Gasteiger partial charge in [-0.25, -0.2) is 4.79 Å². The van der Waals surface area contributed by atoms with Crippen LogP contribution in [-0.4, -0.2) is 37.7 Å². The van der Waals surface area contributed by atoms with E-state index in [1.165, 1.54) is 0 Å². The topological polar surface area (TPSA) is 63.9 Å². The Morgan fingerprint density at radius 3 is 2.88 bits per heavy atom. The van der Waals surface area contributed by atoms with Gasteiger partial charge in [-0.2, -0.15) is 0 Å². The number of likely N-dealkylation sites (tertiary alicyclic amines) is 1. The quantitative estimate of drug-likeness (QED) is 0.854. The summed E-state index contributed by atoms with van der Waals surface area (Å²) < 4.78 is 16.2. The Kier molecular flexibility index (Phi) is 5.71. The van der Waals surface area contributed by atoms with Gasteiger partial charge in [-0.05, 0) is 44.0 Å². The molecule has 0 aliphatic carbocycles. The predicted octanol–water partition coefficient (Wildman–Crippen LogP) is 3.77. The summed E-state index contributed by atoms with van der Waals surface area (Å²) in [5.74, 6) is 2.36. The fourth-order valence-electron chi connectivity index (χ4n) is 3.50. The third kappa shape index (κ3) is 3.95. The highest BCUT2D eigenvalue weighted by atomic mass is 16.5. The van der Waals surface area contributed by atoms with Crippen molar-refractivity contribution in [3.8, 4) is 11.5 Å². The number of urea groups is 1. The van der Waals surface area contributed by atoms with Crippen LogP contribution in [0, 0.1) is 0 Å². The van der Waals surface area contributed by atoms with Gasteiger partial charge in [0.1, 0.15) is 17.3 Å². The van der Waals surface area contributed by atoms with E-state index in [-0.39, 0.29) is 18.1 Å². The van der Waals surface area contributed by atoms with E-state index in [9.17, 15) is 4.79 Å². The van der Waals surface area contributed by atoms with Crippen molar-refractivity contribution in [2.45, 2.75) is 38.3 Å². The fourth-order valence-corrected chi connectivity index (χ4v) is 3.50. The average molecular weight is 358 g/mol. The molecule has 0 radical (unpaired) electrons. The summed E-state index contributed by atoms with van der Waals surface area (Å²) in [6, 6.07) is 9.48. The molecule has 0 saturated carbocycles. The van der Waals surface area contributed by atoms with Crippen molar-refractivity contribution in [3.63, 3.8) is 0 Å². The normalized spacial score (nSPS) is 17.8. The van der Waals surface area contributed by atoms with E-state index in [4.69, 9.17) is 13.9 Å². The molecule has 26 heavy (non-hydrogen) atoms. The van der Waals surface area contributed by atoms with E-state index in [2.05, 4.69) is 5.32 Å². The summed E-state index contributed by atoms with van der Waals surface area (Å²) in [6.45, 7) is 2.72. The van der Waals surface area contributed by atoms with Gasteiger partial charge in [0.15, 0.2) is 0 Å². The van der Waals surface area contributed by atoms with E-state index in [0.717, 1.165) is 42.2 Å². The van der Waals surface area contributed by atoms with Crippen molar-refractivity contribution in [1.82, 2.24) is 10.2 Å². The second-order valence-corrected chi connectivity index (χ2v) is 6.59. The first-order chi connectivity index (χ1) is 12.6. The maximum atomic E-state index is 12.8. The highest BCUT2D eigenvalue weighted by Crippen LogP contribution is 2.38. The average Bonchev–Trinajstić information content (AvgIpc) is 3.32. The summed E-state index contributed by atoms with van der Waals surface area (Å²) >= 11 is 0. The molecule has 2 amide bonds. The number of hydrogen-bond donors (Lipinski definition) is 1. The zero-order chi connectivity index (χ0) is 18.5. The second kappa shape index (κ2) is 8.17. The molecule has 6 heteroatoms. The monoisotopic (exact) mass is 358 g/mol. The van der Waals surface area contributed by atoms with Crippen LogP contribution < -0.4 is 14.8 Å². The number of carbonyl (C=O) groups is 1. The van der Waals surface area contributed by atoms with Crippen LogP contribution in [0.4, 0.5) is 4.79 Å². The van der Waals surface area contributed by atoms with Crippen LogP contribution in [0.5, 0.6) is 11.5 Å². The van der Waals surface area contributed by atoms with Crippen LogP contribution in [0.25, 0.3) is 0 Å². The van der Waals surface area contributed by atoms with Gasteiger partial charge in [-0.3, -0.25) is 0 Å². The van der Waals surface area contributed by atoms with Crippen molar-refractivity contribution in [2.24, 2.45) is 0 Å². The molecular weight excluding hydrogens is 332 g/mol. The van der Waals surface area contributed by atoms with Crippen LogP contribution in [0.3, 0.4) is 0 Å². The fraction of sp³-hybridized carbons (Fsp3) is 0.450. The molecule has 140 valence electrons. The number of methoxy groups -OCH3 is 2. The third-order valence-electron chi connectivity index (χ3n) is 4.77. The van der Waals surface area contributed by atoms with Crippen molar-refractivity contribution in [2.75, 3.05) is 20.8 Å². The van der Waals surface area contributed by atoms with Gasteiger partial charge in [0.2, 0.25) is 0 Å². The van der Waals surface area contributed by atoms with E-state index in [1.807, 2.05) is 42.2 Å². The van der Waals surface area contributed by atoms with Crippen LogP contribution in [0.15, 0.2) is 41.0 Å². The van der Waals surface area contributed by atoms with E-state index in [0.29, 0.717) is 6.42 Å². The van der Waals surface area contributed by atoms with Crippen molar-refractivity contribution >= 4 is 6.03 Å². The van der Waals surface area contributed by atoms with Crippen molar-refractivity contribution < 1.29 is 18.7 Å². The SMILES string of the molecule is COc1ccc(C2CCCN2C(=O)NC(C)Cc2ccco2)c(OC)c1. The predicted molar refractivity (Wildman–Crippen MR) is 98.6 cm³/mol. The molecule has 1 aliphatic rings. The number of carbonyl (C=O) groups excluding carboxylic acids is 1. The molecule has 1 aromatic heterocycles. The molecular formula is C20H26N2O4. The largest absolute Gasteiger partial charge is 0.497 e. The number of hydrogen-bond acceptors (Lipinski definition) is 4. The van der Waals surface area contributed by atoms with Gasteiger partial charge in [0, 0.05) is 30.6 Å². The lowest BCUT2D eigenvalue weighted by molar-refractivity contribution is 0.188. The Balaban J connectivity index is 1.70. The number of rotatable bonds is 6. The lowest BCUT2D eigenvalue weighted by Crippen LogP contribution is -2.44. The van der Waals surface area contributed by atoms with Gasteiger partial charge < -0.3 is 24.1 Å². The smallest absolute Gasteiger partial charge is 0.318 e. The maximum Gasteiger partial charge on any atom is 0.318 e. The molecule has 1 N–H and O–H groups in total. The molecule has 1 fully saturated rings. The first-order valence-electron chi connectivity index (χ1n) is 8.93. The summed E-state index contributed by atoms with van der Waals surface area (Å²) in [5, 5.41) is 3.08. The molecule has 2 unspecified atom stereocenters. The van der Waals surface area contributed by atoms with Gasteiger partial charge in [-0.15, -0.1) is 0 Å². The Morgan fingerprint density at radius 2 is 2.19 bits per heavy atom. The summed E-state index contributed by atoms with van der Waals surface area (Å²) in [4.78, 5) is 14.7. The van der Waals surface area contributed by atoms with Gasteiger partial charge in [0.05, 0.1) is 26.5 Å². The third-order valence-corrected chi connectivity index (χ3v) is 4.77. The lowest BCUT2D eigenvalue weighted by Gasteiger charge is -2.28. The first kappa shape index (κ1) is 18.2. The van der Waals surface area contributed by atoms with E-state index >= 15 is 0 Å². The molecule has 1 aliphatic heterocycles. The Bertz CT molecular complexity index is 729. The highest BCUT2D eigenvalue weighted by molar-refractivity contribution is 5.75. The minimum Gasteiger partial charge on any atom is -0.497 e.